The van der Waals surface area contributed by atoms with Gasteiger partial charge in [-0.25, -0.2) is 0 Å². The van der Waals surface area contributed by atoms with Crippen molar-refractivity contribution in [2.24, 2.45) is 0 Å². The van der Waals surface area contributed by atoms with Gasteiger partial charge in [0, 0.05) is 12.6 Å². The van der Waals surface area contributed by atoms with Gasteiger partial charge < -0.3 is 24.8 Å². The predicted octanol–water partition coefficient (Wildman–Crippen LogP) is 4.75. The number of nitrogens with zero attached hydrogens (tertiary/aromatic N) is 1. The molecule has 1 fully saturated rings. The van der Waals surface area contributed by atoms with Gasteiger partial charge in [0.15, 0.2) is 11.5 Å². The molecule has 0 aromatic heterocycles. The van der Waals surface area contributed by atoms with Crippen molar-refractivity contribution in [3.05, 3.63) is 90.0 Å². The molecule has 37 heavy (non-hydrogen) atoms. The minimum Gasteiger partial charge on any atom is -0.508 e. The molecular formula is C30H32N2O5. The minimum absolute atomic E-state index is 0.0493. The summed E-state index contributed by atoms with van der Waals surface area (Å²) in [7, 11) is 0. The summed E-state index contributed by atoms with van der Waals surface area (Å²) in [6.45, 7) is 0.262. The summed E-state index contributed by atoms with van der Waals surface area (Å²) in [5.41, 5.74) is 1.51. The van der Waals surface area contributed by atoms with Crippen LogP contribution in [-0.2, 0) is 16.1 Å². The van der Waals surface area contributed by atoms with E-state index in [4.69, 9.17) is 9.47 Å². The van der Waals surface area contributed by atoms with E-state index in [2.05, 4.69) is 5.32 Å². The molecule has 3 aromatic carbocycles. The number of benzene rings is 3. The highest BCUT2D eigenvalue weighted by molar-refractivity contribution is 5.91. The van der Waals surface area contributed by atoms with Crippen LogP contribution in [0.3, 0.4) is 0 Å². The van der Waals surface area contributed by atoms with Crippen LogP contribution in [0.25, 0.3) is 0 Å². The summed E-state index contributed by atoms with van der Waals surface area (Å²) >= 11 is 0. The Kier molecular flexibility index (Phi) is 7.59. The van der Waals surface area contributed by atoms with Gasteiger partial charge in [-0.15, -0.1) is 0 Å². The minimum atomic E-state index is -0.906. The van der Waals surface area contributed by atoms with Gasteiger partial charge in [-0.1, -0.05) is 73.9 Å². The van der Waals surface area contributed by atoms with E-state index in [0.29, 0.717) is 17.1 Å². The summed E-state index contributed by atoms with van der Waals surface area (Å²) in [5.74, 6) is 0.608. The lowest BCUT2D eigenvalue weighted by molar-refractivity contribution is -0.149. The maximum Gasteiger partial charge on any atom is 0.268 e. The fourth-order valence-corrected chi connectivity index (χ4v) is 5.06. The number of fused-ring (bicyclic) bond motifs is 1. The first-order valence-electron chi connectivity index (χ1n) is 12.9. The van der Waals surface area contributed by atoms with Gasteiger partial charge >= 0.3 is 0 Å². The highest BCUT2D eigenvalue weighted by Crippen LogP contribution is 2.33. The summed E-state index contributed by atoms with van der Waals surface area (Å²) in [6, 6.07) is 22.5. The molecule has 1 heterocycles. The third-order valence-electron chi connectivity index (χ3n) is 6.98. The molecule has 0 radical (unpaired) electrons. The Morgan fingerprint density at radius 2 is 1.57 bits per heavy atom. The molecule has 2 atom stereocenters. The van der Waals surface area contributed by atoms with Crippen molar-refractivity contribution in [3.63, 3.8) is 0 Å². The lowest BCUT2D eigenvalue weighted by Gasteiger charge is -2.36. The van der Waals surface area contributed by atoms with Crippen LogP contribution in [0.1, 0.15) is 49.3 Å². The average Bonchev–Trinajstić information content (AvgIpc) is 2.94. The zero-order chi connectivity index (χ0) is 25.6. The average molecular weight is 501 g/mol. The highest BCUT2D eigenvalue weighted by atomic mass is 16.6. The van der Waals surface area contributed by atoms with E-state index < -0.39 is 12.1 Å². The number of para-hydroxylation sites is 2. The second-order valence-electron chi connectivity index (χ2n) is 9.65. The Hall–Kier alpha value is -4.00. The van der Waals surface area contributed by atoms with Gasteiger partial charge in [-0.05, 0) is 48.2 Å². The first-order valence-corrected chi connectivity index (χ1v) is 12.9. The molecule has 2 amide bonds. The predicted molar refractivity (Wildman–Crippen MR) is 139 cm³/mol. The third-order valence-corrected chi connectivity index (χ3v) is 6.98. The Morgan fingerprint density at radius 3 is 2.30 bits per heavy atom. The van der Waals surface area contributed by atoms with E-state index in [9.17, 15) is 14.7 Å². The van der Waals surface area contributed by atoms with Crippen molar-refractivity contribution in [2.75, 3.05) is 6.61 Å². The molecule has 2 N–H and O–H groups in total. The maximum atomic E-state index is 14.1. The Balaban J connectivity index is 1.49. The van der Waals surface area contributed by atoms with Crippen LogP contribution < -0.4 is 14.8 Å². The number of phenols is 1. The van der Waals surface area contributed by atoms with Gasteiger partial charge in [0.1, 0.15) is 18.4 Å². The van der Waals surface area contributed by atoms with Crippen LogP contribution in [-0.4, -0.2) is 40.6 Å². The van der Waals surface area contributed by atoms with E-state index >= 15 is 0 Å². The van der Waals surface area contributed by atoms with E-state index in [1.54, 1.807) is 29.2 Å². The second-order valence-corrected chi connectivity index (χ2v) is 9.65. The lowest BCUT2D eigenvalue weighted by Crippen LogP contribution is -2.52. The molecule has 7 nitrogen and oxygen atoms in total. The first-order chi connectivity index (χ1) is 18.1. The topological polar surface area (TPSA) is 88.1 Å². The quantitative estimate of drug-likeness (QED) is 0.489. The molecular weight excluding hydrogens is 468 g/mol. The number of phenolic OH excluding ortho intramolecular Hbond substituents is 1. The van der Waals surface area contributed by atoms with E-state index in [1.807, 2.05) is 42.5 Å². The highest BCUT2D eigenvalue weighted by Gasteiger charge is 2.38. The summed E-state index contributed by atoms with van der Waals surface area (Å²) < 4.78 is 11.9. The monoisotopic (exact) mass is 500 g/mol. The zero-order valence-corrected chi connectivity index (χ0v) is 20.7. The smallest absolute Gasteiger partial charge is 0.268 e. The largest absolute Gasteiger partial charge is 0.508 e. The molecule has 1 aliphatic heterocycles. The Morgan fingerprint density at radius 1 is 0.892 bits per heavy atom. The van der Waals surface area contributed by atoms with Crippen molar-refractivity contribution in [1.29, 1.82) is 0 Å². The van der Waals surface area contributed by atoms with Gasteiger partial charge in [-0.3, -0.25) is 9.59 Å². The number of ether oxygens (including phenoxy) is 2. The van der Waals surface area contributed by atoms with Crippen LogP contribution in [0.4, 0.5) is 0 Å². The van der Waals surface area contributed by atoms with Crippen molar-refractivity contribution in [1.82, 2.24) is 10.2 Å². The Bertz CT molecular complexity index is 1210. The SMILES string of the molecule is O=C(NC1CCCCC1)[C@H](c1ccc(O)cc1)N(Cc1ccccc1)C(=O)[C@@H]1COc2ccccc2O1. The second kappa shape index (κ2) is 11.4. The summed E-state index contributed by atoms with van der Waals surface area (Å²) in [4.78, 5) is 29.5. The molecule has 0 unspecified atom stereocenters. The van der Waals surface area contributed by atoms with Crippen LogP contribution in [0.5, 0.6) is 17.2 Å². The van der Waals surface area contributed by atoms with Crippen molar-refractivity contribution < 1.29 is 24.2 Å². The molecule has 5 rings (SSSR count). The van der Waals surface area contributed by atoms with Crippen molar-refractivity contribution in [2.45, 2.75) is 56.8 Å². The molecule has 1 saturated carbocycles. The molecule has 0 saturated heterocycles. The van der Waals surface area contributed by atoms with E-state index in [1.165, 1.54) is 18.6 Å². The number of carbonyl (C=O) groups excluding carboxylic acids is 2. The first kappa shape index (κ1) is 24.7. The van der Waals surface area contributed by atoms with Crippen LogP contribution in [0.15, 0.2) is 78.9 Å². The number of hydrogen-bond donors (Lipinski definition) is 2. The van der Waals surface area contributed by atoms with Crippen molar-refractivity contribution >= 4 is 11.8 Å². The Labute approximate surface area is 217 Å². The molecule has 0 spiro atoms. The third kappa shape index (κ3) is 5.88. The number of amides is 2. The van der Waals surface area contributed by atoms with E-state index in [0.717, 1.165) is 31.2 Å². The number of nitrogens with one attached hydrogen (secondary N) is 1. The normalized spacial score (nSPS) is 18.0. The van der Waals surface area contributed by atoms with Crippen LogP contribution in [0, 0.1) is 0 Å². The van der Waals surface area contributed by atoms with Crippen LogP contribution >= 0.6 is 0 Å². The standard InChI is InChI=1S/C30H32N2O5/c33-24-17-15-22(16-18-24)28(29(34)31-23-11-5-2-6-12-23)32(19-21-9-3-1-4-10-21)30(35)27-20-36-25-13-7-8-14-26(25)37-27/h1,3-4,7-10,13-18,23,27-28,33H,2,5-6,11-12,19-20H2,(H,31,34)/t27-,28-/m0/s1. The number of hydrogen-bond acceptors (Lipinski definition) is 5. The van der Waals surface area contributed by atoms with E-state index in [-0.39, 0.29) is 36.8 Å². The number of rotatable bonds is 7. The molecule has 1 aliphatic carbocycles. The molecule has 192 valence electrons. The molecule has 2 aliphatic rings. The maximum absolute atomic E-state index is 14.1. The van der Waals surface area contributed by atoms with Gasteiger partial charge in [0.05, 0.1) is 0 Å². The fraction of sp³-hybridized carbons (Fsp3) is 0.333. The molecule has 7 heteroatoms. The van der Waals surface area contributed by atoms with Crippen LogP contribution in [0.2, 0.25) is 0 Å². The number of carbonyl (C=O) groups is 2. The fourth-order valence-electron chi connectivity index (χ4n) is 5.06. The van der Waals surface area contributed by atoms with Gasteiger partial charge in [-0.2, -0.15) is 0 Å². The molecule has 3 aromatic rings. The lowest BCUT2D eigenvalue weighted by atomic mass is 9.94. The van der Waals surface area contributed by atoms with Crippen molar-refractivity contribution in [3.8, 4) is 17.2 Å². The summed E-state index contributed by atoms with van der Waals surface area (Å²) in [5, 5.41) is 13.1. The van der Waals surface area contributed by atoms with Gasteiger partial charge in [0.25, 0.3) is 5.91 Å². The summed E-state index contributed by atoms with van der Waals surface area (Å²) in [6.07, 6.45) is 4.28. The molecule has 0 bridgehead atoms. The zero-order valence-electron chi connectivity index (χ0n) is 20.7. The number of aromatic hydroxyl groups is 1. The van der Waals surface area contributed by atoms with Gasteiger partial charge in [0.2, 0.25) is 12.0 Å².